The Morgan fingerprint density at radius 3 is 2.48 bits per heavy atom. The Bertz CT molecular complexity index is 614. The second kappa shape index (κ2) is 6.73. The molecule has 0 bridgehead atoms. The average Bonchev–Trinajstić information content (AvgIpc) is 2.76. The Kier molecular flexibility index (Phi) is 5.19. The van der Waals surface area contributed by atoms with Gasteiger partial charge in [-0.2, -0.15) is 5.10 Å². The van der Waals surface area contributed by atoms with Crippen molar-refractivity contribution in [2.75, 3.05) is 13.7 Å². The molecule has 2 aromatic rings. The van der Waals surface area contributed by atoms with Gasteiger partial charge in [0, 0.05) is 7.11 Å². The average molecular weight is 353 g/mol. The summed E-state index contributed by atoms with van der Waals surface area (Å²) in [6.45, 7) is 7.29. The molecule has 1 unspecified atom stereocenters. The smallest absolute Gasteiger partial charge is 0.122 e. The third-order valence-electron chi connectivity index (χ3n) is 3.61. The number of methoxy groups -OCH3 is 1. The van der Waals surface area contributed by atoms with Crippen molar-refractivity contribution in [2.45, 2.75) is 33.4 Å². The maximum atomic E-state index is 10.9. The minimum Gasteiger partial charge on any atom is -0.383 e. The predicted molar refractivity (Wildman–Crippen MR) is 86.5 cm³/mol. The first-order valence-electron chi connectivity index (χ1n) is 6.91. The summed E-state index contributed by atoms with van der Waals surface area (Å²) in [5.74, 6) is 0. The molecule has 1 heterocycles. The van der Waals surface area contributed by atoms with Crippen molar-refractivity contribution in [3.05, 3.63) is 50.8 Å². The molecule has 4 nitrogen and oxygen atoms in total. The van der Waals surface area contributed by atoms with Gasteiger partial charge in [0.2, 0.25) is 0 Å². The SMILES string of the molecule is COCCn1ncc(Br)c1C(O)c1c(C)cc(C)cc1C. The third-order valence-corrected chi connectivity index (χ3v) is 4.22. The van der Waals surface area contributed by atoms with Crippen molar-refractivity contribution < 1.29 is 9.84 Å². The number of rotatable bonds is 5. The molecule has 0 fully saturated rings. The fourth-order valence-corrected chi connectivity index (χ4v) is 3.27. The molecule has 1 atom stereocenters. The maximum Gasteiger partial charge on any atom is 0.122 e. The Hall–Kier alpha value is -1.17. The van der Waals surface area contributed by atoms with E-state index in [9.17, 15) is 5.11 Å². The lowest BCUT2D eigenvalue weighted by atomic mass is 9.94. The molecule has 114 valence electrons. The van der Waals surface area contributed by atoms with E-state index in [0.29, 0.717) is 13.2 Å². The van der Waals surface area contributed by atoms with Gasteiger partial charge in [0.05, 0.1) is 29.5 Å². The molecule has 2 rings (SSSR count). The van der Waals surface area contributed by atoms with Crippen LogP contribution in [0.25, 0.3) is 0 Å². The number of aliphatic hydroxyl groups is 1. The molecule has 0 saturated heterocycles. The summed E-state index contributed by atoms with van der Waals surface area (Å²) in [6, 6.07) is 4.19. The van der Waals surface area contributed by atoms with E-state index in [1.54, 1.807) is 18.0 Å². The quantitative estimate of drug-likeness (QED) is 0.897. The van der Waals surface area contributed by atoms with Crippen LogP contribution in [0.5, 0.6) is 0 Å². The molecule has 1 aromatic carbocycles. The van der Waals surface area contributed by atoms with Crippen LogP contribution >= 0.6 is 15.9 Å². The van der Waals surface area contributed by atoms with E-state index < -0.39 is 6.10 Å². The van der Waals surface area contributed by atoms with E-state index in [4.69, 9.17) is 4.74 Å². The van der Waals surface area contributed by atoms with Gasteiger partial charge in [-0.3, -0.25) is 4.68 Å². The largest absolute Gasteiger partial charge is 0.383 e. The number of hydrogen-bond donors (Lipinski definition) is 1. The highest BCUT2D eigenvalue weighted by molar-refractivity contribution is 9.10. The number of aromatic nitrogens is 2. The fraction of sp³-hybridized carbons (Fsp3) is 0.438. The summed E-state index contributed by atoms with van der Waals surface area (Å²) >= 11 is 3.49. The molecule has 0 aliphatic heterocycles. The monoisotopic (exact) mass is 352 g/mol. The van der Waals surface area contributed by atoms with Crippen molar-refractivity contribution in [3.8, 4) is 0 Å². The zero-order valence-electron chi connectivity index (χ0n) is 12.9. The number of nitrogens with zero attached hydrogens (tertiary/aromatic N) is 2. The zero-order chi connectivity index (χ0) is 15.6. The Balaban J connectivity index is 2.45. The summed E-state index contributed by atoms with van der Waals surface area (Å²) in [5, 5.41) is 15.2. The van der Waals surface area contributed by atoms with Crippen LogP contribution in [-0.2, 0) is 11.3 Å². The highest BCUT2D eigenvalue weighted by Crippen LogP contribution is 2.32. The number of aliphatic hydroxyl groups excluding tert-OH is 1. The van der Waals surface area contributed by atoms with Crippen LogP contribution in [0, 0.1) is 20.8 Å². The molecule has 0 aliphatic carbocycles. The van der Waals surface area contributed by atoms with Gasteiger partial charge in [-0.1, -0.05) is 17.7 Å². The summed E-state index contributed by atoms with van der Waals surface area (Å²) in [6.07, 6.45) is 1.01. The standard InChI is InChI=1S/C16H21BrN2O2/c1-10-7-11(2)14(12(3)8-10)16(20)15-13(17)9-18-19(15)5-6-21-4/h7-9,16,20H,5-6H2,1-4H3. The lowest BCUT2D eigenvalue weighted by Gasteiger charge is -2.19. The van der Waals surface area contributed by atoms with Crippen LogP contribution in [0.4, 0.5) is 0 Å². The molecule has 0 radical (unpaired) electrons. The van der Waals surface area contributed by atoms with E-state index in [-0.39, 0.29) is 0 Å². The first kappa shape index (κ1) is 16.2. The number of ether oxygens (including phenoxy) is 1. The van der Waals surface area contributed by atoms with E-state index >= 15 is 0 Å². The molecule has 1 N–H and O–H groups in total. The van der Waals surface area contributed by atoms with Crippen molar-refractivity contribution in [2.24, 2.45) is 0 Å². The summed E-state index contributed by atoms with van der Waals surface area (Å²) in [4.78, 5) is 0. The van der Waals surface area contributed by atoms with Gasteiger partial charge in [0.25, 0.3) is 0 Å². The van der Waals surface area contributed by atoms with Crippen LogP contribution < -0.4 is 0 Å². The molecular formula is C16H21BrN2O2. The molecule has 0 aliphatic rings. The lowest BCUT2D eigenvalue weighted by Crippen LogP contribution is -2.15. The molecular weight excluding hydrogens is 332 g/mol. The van der Waals surface area contributed by atoms with Gasteiger partial charge in [0.15, 0.2) is 0 Å². The minimum absolute atomic E-state index is 0.555. The summed E-state index contributed by atoms with van der Waals surface area (Å²) < 4.78 is 7.70. The van der Waals surface area contributed by atoms with Crippen molar-refractivity contribution >= 4 is 15.9 Å². The van der Waals surface area contributed by atoms with E-state index in [2.05, 4.69) is 40.1 Å². The van der Waals surface area contributed by atoms with Crippen molar-refractivity contribution in [1.82, 2.24) is 9.78 Å². The van der Waals surface area contributed by atoms with Crippen LogP contribution in [0.15, 0.2) is 22.8 Å². The van der Waals surface area contributed by atoms with Crippen LogP contribution in [0.1, 0.15) is 34.1 Å². The number of hydrogen-bond acceptors (Lipinski definition) is 3. The van der Waals surface area contributed by atoms with Crippen LogP contribution in [0.3, 0.4) is 0 Å². The first-order chi connectivity index (χ1) is 9.95. The molecule has 0 saturated carbocycles. The van der Waals surface area contributed by atoms with Gasteiger partial charge in [-0.25, -0.2) is 0 Å². The minimum atomic E-state index is -0.709. The van der Waals surface area contributed by atoms with Gasteiger partial charge in [-0.05, 0) is 53.4 Å². The second-order valence-corrected chi connectivity index (χ2v) is 6.16. The second-order valence-electron chi connectivity index (χ2n) is 5.31. The maximum absolute atomic E-state index is 10.9. The number of benzene rings is 1. The predicted octanol–water partition coefficient (Wildman–Crippen LogP) is 3.30. The topological polar surface area (TPSA) is 47.3 Å². The van der Waals surface area contributed by atoms with Crippen LogP contribution in [-0.4, -0.2) is 28.6 Å². The highest BCUT2D eigenvalue weighted by atomic mass is 79.9. The van der Waals surface area contributed by atoms with Crippen LogP contribution in [0.2, 0.25) is 0 Å². The summed E-state index contributed by atoms with van der Waals surface area (Å²) in [5.41, 5.74) is 5.09. The first-order valence-corrected chi connectivity index (χ1v) is 7.71. The molecule has 1 aromatic heterocycles. The van der Waals surface area contributed by atoms with Crippen molar-refractivity contribution in [3.63, 3.8) is 0 Å². The molecule has 5 heteroatoms. The van der Waals surface area contributed by atoms with Crippen molar-refractivity contribution in [1.29, 1.82) is 0 Å². The fourth-order valence-electron chi connectivity index (χ4n) is 2.76. The van der Waals surface area contributed by atoms with Gasteiger partial charge >= 0.3 is 0 Å². The normalized spacial score (nSPS) is 12.7. The van der Waals surface area contributed by atoms with E-state index in [1.807, 2.05) is 13.8 Å². The molecule has 0 amide bonds. The molecule has 21 heavy (non-hydrogen) atoms. The van der Waals surface area contributed by atoms with Gasteiger partial charge in [-0.15, -0.1) is 0 Å². The Morgan fingerprint density at radius 2 is 1.90 bits per heavy atom. The van der Waals surface area contributed by atoms with E-state index in [0.717, 1.165) is 26.9 Å². The lowest BCUT2D eigenvalue weighted by molar-refractivity contribution is 0.170. The van der Waals surface area contributed by atoms with Gasteiger partial charge in [0.1, 0.15) is 6.10 Å². The van der Waals surface area contributed by atoms with E-state index in [1.165, 1.54) is 5.56 Å². The Morgan fingerprint density at radius 1 is 1.29 bits per heavy atom. The highest BCUT2D eigenvalue weighted by Gasteiger charge is 2.22. The third kappa shape index (κ3) is 3.36. The zero-order valence-corrected chi connectivity index (χ0v) is 14.4. The number of aryl methyl sites for hydroxylation is 3. The number of halogens is 1. The molecule has 0 spiro atoms. The Labute approximate surface area is 133 Å². The summed E-state index contributed by atoms with van der Waals surface area (Å²) in [7, 11) is 1.66. The van der Waals surface area contributed by atoms with Gasteiger partial charge < -0.3 is 9.84 Å².